The number of nitrogens with one attached hydrogen (secondary N) is 2. The smallest absolute Gasteiger partial charge is 0.0922 e. The van der Waals surface area contributed by atoms with Crippen molar-refractivity contribution in [1.82, 2.24) is 15.3 Å². The lowest BCUT2D eigenvalue weighted by molar-refractivity contribution is 0.754. The number of aromatic nitrogens is 2. The Balaban J connectivity index is 2.23. The molecule has 0 amide bonds. The lowest BCUT2D eigenvalue weighted by Gasteiger charge is -1.94. The number of rotatable bonds is 3. The standard InChI is InChI=1S/C7H9N3/c1-2-3-8-4-7-5-9-6-10-7/h1,5-6,8H,3-4H2,(H,9,10). The number of H-pyrrole nitrogens is 1. The zero-order chi connectivity index (χ0) is 7.23. The summed E-state index contributed by atoms with van der Waals surface area (Å²) < 4.78 is 0. The molecule has 0 saturated carbocycles. The highest BCUT2D eigenvalue weighted by Crippen LogP contribution is 1.87. The third-order valence-corrected chi connectivity index (χ3v) is 1.10. The van der Waals surface area contributed by atoms with Crippen LogP contribution in [0, 0.1) is 12.3 Å². The predicted octanol–water partition coefficient (Wildman–Crippen LogP) is 0.133. The fourth-order valence-corrected chi connectivity index (χ4v) is 0.651. The van der Waals surface area contributed by atoms with Gasteiger partial charge in [0, 0.05) is 18.4 Å². The molecule has 0 atom stereocenters. The Bertz CT molecular complexity index is 207. The quantitative estimate of drug-likeness (QED) is 0.457. The van der Waals surface area contributed by atoms with Crippen LogP contribution < -0.4 is 5.32 Å². The van der Waals surface area contributed by atoms with Crippen molar-refractivity contribution < 1.29 is 0 Å². The van der Waals surface area contributed by atoms with Crippen LogP contribution in [0.1, 0.15) is 5.69 Å². The normalized spacial score (nSPS) is 9.10. The molecule has 0 spiro atoms. The molecule has 1 rings (SSSR count). The van der Waals surface area contributed by atoms with Crippen molar-refractivity contribution >= 4 is 0 Å². The molecule has 2 N–H and O–H groups in total. The van der Waals surface area contributed by atoms with Gasteiger partial charge in [0.1, 0.15) is 0 Å². The molecule has 10 heavy (non-hydrogen) atoms. The maximum atomic E-state index is 5.03. The molecule has 52 valence electrons. The van der Waals surface area contributed by atoms with Gasteiger partial charge in [-0.1, -0.05) is 5.92 Å². The highest BCUT2D eigenvalue weighted by atomic mass is 14.9. The first-order valence-corrected chi connectivity index (χ1v) is 3.05. The van der Waals surface area contributed by atoms with Crippen molar-refractivity contribution in [3.05, 3.63) is 18.2 Å². The molecule has 0 aliphatic heterocycles. The van der Waals surface area contributed by atoms with Gasteiger partial charge in [-0.15, -0.1) is 6.42 Å². The van der Waals surface area contributed by atoms with Crippen LogP contribution in [0.3, 0.4) is 0 Å². The maximum Gasteiger partial charge on any atom is 0.0922 e. The number of hydrogen-bond acceptors (Lipinski definition) is 2. The molecule has 0 saturated heterocycles. The van der Waals surface area contributed by atoms with Crippen LogP contribution in [0.2, 0.25) is 0 Å². The summed E-state index contributed by atoms with van der Waals surface area (Å²) >= 11 is 0. The molecule has 1 aromatic heterocycles. The Kier molecular flexibility index (Phi) is 2.53. The number of imidazole rings is 1. The van der Waals surface area contributed by atoms with Gasteiger partial charge in [0.15, 0.2) is 0 Å². The van der Waals surface area contributed by atoms with E-state index in [4.69, 9.17) is 6.42 Å². The molecule has 1 aromatic rings. The summed E-state index contributed by atoms with van der Waals surface area (Å²) in [7, 11) is 0. The lowest BCUT2D eigenvalue weighted by Crippen LogP contribution is -2.12. The van der Waals surface area contributed by atoms with E-state index in [2.05, 4.69) is 21.2 Å². The summed E-state index contributed by atoms with van der Waals surface area (Å²) in [5.41, 5.74) is 1.05. The van der Waals surface area contributed by atoms with Crippen LogP contribution in [0.15, 0.2) is 12.5 Å². The molecule has 0 aliphatic carbocycles. The fourth-order valence-electron chi connectivity index (χ4n) is 0.651. The Hall–Kier alpha value is -1.27. The number of hydrogen-bond donors (Lipinski definition) is 2. The molecule has 1 heterocycles. The van der Waals surface area contributed by atoms with E-state index in [-0.39, 0.29) is 0 Å². The summed E-state index contributed by atoms with van der Waals surface area (Å²) in [6.45, 7) is 1.35. The van der Waals surface area contributed by atoms with E-state index < -0.39 is 0 Å². The van der Waals surface area contributed by atoms with Gasteiger partial charge in [-0.05, 0) is 0 Å². The molecular formula is C7H9N3. The molecule has 0 radical (unpaired) electrons. The third kappa shape index (κ3) is 1.92. The van der Waals surface area contributed by atoms with E-state index >= 15 is 0 Å². The highest BCUT2D eigenvalue weighted by molar-refractivity contribution is 4.95. The largest absolute Gasteiger partial charge is 0.347 e. The van der Waals surface area contributed by atoms with Gasteiger partial charge < -0.3 is 10.3 Å². The average molecular weight is 135 g/mol. The van der Waals surface area contributed by atoms with Crippen molar-refractivity contribution in [3.63, 3.8) is 0 Å². The Morgan fingerprint density at radius 3 is 3.30 bits per heavy atom. The molecule has 0 aliphatic rings. The topological polar surface area (TPSA) is 40.7 Å². The summed E-state index contributed by atoms with van der Waals surface area (Å²) in [5, 5.41) is 3.03. The van der Waals surface area contributed by atoms with E-state index in [1.54, 1.807) is 12.5 Å². The first-order chi connectivity index (χ1) is 4.93. The monoisotopic (exact) mass is 135 g/mol. The average Bonchev–Trinajstić information content (AvgIpc) is 2.41. The first kappa shape index (κ1) is 6.84. The van der Waals surface area contributed by atoms with Crippen LogP contribution >= 0.6 is 0 Å². The van der Waals surface area contributed by atoms with Gasteiger partial charge in [0.2, 0.25) is 0 Å². The van der Waals surface area contributed by atoms with E-state index in [0.29, 0.717) is 6.54 Å². The summed E-state index contributed by atoms with van der Waals surface area (Å²) in [6.07, 6.45) is 8.44. The molecule has 0 unspecified atom stereocenters. The van der Waals surface area contributed by atoms with Crippen LogP contribution in [0.4, 0.5) is 0 Å². The highest BCUT2D eigenvalue weighted by Gasteiger charge is 1.88. The number of terminal acetylenes is 1. The van der Waals surface area contributed by atoms with Crippen molar-refractivity contribution in [1.29, 1.82) is 0 Å². The van der Waals surface area contributed by atoms with Gasteiger partial charge in [-0.2, -0.15) is 0 Å². The maximum absolute atomic E-state index is 5.03. The minimum atomic E-state index is 0.596. The second-order valence-corrected chi connectivity index (χ2v) is 1.88. The van der Waals surface area contributed by atoms with Gasteiger partial charge in [0.25, 0.3) is 0 Å². The van der Waals surface area contributed by atoms with Crippen LogP contribution in [-0.2, 0) is 6.54 Å². The molecule has 0 bridgehead atoms. The van der Waals surface area contributed by atoms with E-state index in [9.17, 15) is 0 Å². The van der Waals surface area contributed by atoms with Crippen molar-refractivity contribution in [2.45, 2.75) is 6.54 Å². The summed E-state index contributed by atoms with van der Waals surface area (Å²) in [4.78, 5) is 6.81. The summed E-state index contributed by atoms with van der Waals surface area (Å²) in [5.74, 6) is 2.48. The van der Waals surface area contributed by atoms with E-state index in [1.807, 2.05) is 0 Å². The molecule has 0 aromatic carbocycles. The summed E-state index contributed by atoms with van der Waals surface area (Å²) in [6, 6.07) is 0. The number of nitrogens with zero attached hydrogens (tertiary/aromatic N) is 1. The second-order valence-electron chi connectivity index (χ2n) is 1.88. The Morgan fingerprint density at radius 1 is 1.80 bits per heavy atom. The molecule has 3 nitrogen and oxygen atoms in total. The molecular weight excluding hydrogens is 126 g/mol. The van der Waals surface area contributed by atoms with Gasteiger partial charge in [-0.25, -0.2) is 4.98 Å². The van der Waals surface area contributed by atoms with Crippen molar-refractivity contribution in [2.75, 3.05) is 6.54 Å². The van der Waals surface area contributed by atoms with Crippen LogP contribution in [0.5, 0.6) is 0 Å². The van der Waals surface area contributed by atoms with Crippen molar-refractivity contribution in [2.24, 2.45) is 0 Å². The van der Waals surface area contributed by atoms with Crippen LogP contribution in [-0.4, -0.2) is 16.5 Å². The Morgan fingerprint density at radius 2 is 2.70 bits per heavy atom. The van der Waals surface area contributed by atoms with Crippen LogP contribution in [0.25, 0.3) is 0 Å². The molecule has 3 heteroatoms. The van der Waals surface area contributed by atoms with Gasteiger partial charge >= 0.3 is 0 Å². The van der Waals surface area contributed by atoms with E-state index in [1.165, 1.54) is 0 Å². The molecule has 0 fully saturated rings. The Labute approximate surface area is 59.9 Å². The number of aromatic amines is 1. The lowest BCUT2D eigenvalue weighted by atomic mass is 10.5. The zero-order valence-corrected chi connectivity index (χ0v) is 5.59. The van der Waals surface area contributed by atoms with E-state index in [0.717, 1.165) is 12.2 Å². The van der Waals surface area contributed by atoms with Gasteiger partial charge in [0.05, 0.1) is 12.9 Å². The first-order valence-electron chi connectivity index (χ1n) is 3.05. The van der Waals surface area contributed by atoms with Crippen molar-refractivity contribution in [3.8, 4) is 12.3 Å². The third-order valence-electron chi connectivity index (χ3n) is 1.10. The minimum absolute atomic E-state index is 0.596. The fraction of sp³-hybridized carbons (Fsp3) is 0.286. The van der Waals surface area contributed by atoms with Gasteiger partial charge in [-0.3, -0.25) is 0 Å². The predicted molar refractivity (Wildman–Crippen MR) is 39.1 cm³/mol. The minimum Gasteiger partial charge on any atom is -0.347 e. The SMILES string of the molecule is C#CCNCc1cnc[nH]1. The second kappa shape index (κ2) is 3.70. The zero-order valence-electron chi connectivity index (χ0n) is 5.59.